The Balaban J connectivity index is 1.94. The Hall–Kier alpha value is -1.55. The van der Waals surface area contributed by atoms with Crippen molar-refractivity contribution in [3.63, 3.8) is 0 Å². The predicted molar refractivity (Wildman–Crippen MR) is 76.0 cm³/mol. The maximum Gasteiger partial charge on any atom is 0.320 e. The SMILES string of the molecule is COc1ccc2c(c1)C(N1CCCC1C(=O)O)CCC2. The monoisotopic (exact) mass is 275 g/mol. The van der Waals surface area contributed by atoms with Gasteiger partial charge >= 0.3 is 5.97 Å². The van der Waals surface area contributed by atoms with Crippen LogP contribution in [0.2, 0.25) is 0 Å². The van der Waals surface area contributed by atoms with Gasteiger partial charge in [0, 0.05) is 6.04 Å². The summed E-state index contributed by atoms with van der Waals surface area (Å²) in [6.45, 7) is 0.887. The molecule has 0 aromatic heterocycles. The molecule has 2 unspecified atom stereocenters. The van der Waals surface area contributed by atoms with Gasteiger partial charge in [0.25, 0.3) is 0 Å². The molecule has 4 nitrogen and oxygen atoms in total. The predicted octanol–water partition coefficient (Wildman–Crippen LogP) is 2.62. The number of rotatable bonds is 3. The Morgan fingerprint density at radius 1 is 1.35 bits per heavy atom. The molecule has 0 bridgehead atoms. The summed E-state index contributed by atoms with van der Waals surface area (Å²) in [5.74, 6) is 0.180. The smallest absolute Gasteiger partial charge is 0.320 e. The average Bonchev–Trinajstić information content (AvgIpc) is 2.95. The van der Waals surface area contributed by atoms with Crippen LogP contribution in [-0.2, 0) is 11.2 Å². The molecule has 1 saturated heterocycles. The summed E-state index contributed by atoms with van der Waals surface area (Å²) in [5.41, 5.74) is 2.61. The second-order valence-corrected chi connectivity index (χ2v) is 5.71. The van der Waals surface area contributed by atoms with Gasteiger partial charge in [0.15, 0.2) is 0 Å². The molecule has 0 radical (unpaired) electrons. The van der Waals surface area contributed by atoms with Crippen LogP contribution in [0.4, 0.5) is 0 Å². The van der Waals surface area contributed by atoms with Crippen LogP contribution in [0.15, 0.2) is 18.2 Å². The van der Waals surface area contributed by atoms with Gasteiger partial charge < -0.3 is 9.84 Å². The van der Waals surface area contributed by atoms with Gasteiger partial charge in [-0.25, -0.2) is 0 Å². The van der Waals surface area contributed by atoms with Crippen molar-refractivity contribution in [2.24, 2.45) is 0 Å². The van der Waals surface area contributed by atoms with Crippen molar-refractivity contribution >= 4 is 5.97 Å². The molecule has 1 aliphatic carbocycles. The van der Waals surface area contributed by atoms with Gasteiger partial charge in [0.2, 0.25) is 0 Å². The van der Waals surface area contributed by atoms with Crippen LogP contribution >= 0.6 is 0 Å². The second-order valence-electron chi connectivity index (χ2n) is 5.71. The first-order valence-electron chi connectivity index (χ1n) is 7.36. The number of carboxylic acid groups (broad SMARTS) is 1. The van der Waals surface area contributed by atoms with E-state index in [-0.39, 0.29) is 12.1 Å². The topological polar surface area (TPSA) is 49.8 Å². The highest BCUT2D eigenvalue weighted by Crippen LogP contribution is 2.39. The van der Waals surface area contributed by atoms with Gasteiger partial charge in [-0.2, -0.15) is 0 Å². The molecule has 0 amide bonds. The number of aliphatic carboxylic acids is 1. The molecule has 0 saturated carbocycles. The summed E-state index contributed by atoms with van der Waals surface area (Å²) in [6.07, 6.45) is 5.01. The van der Waals surface area contributed by atoms with Crippen LogP contribution in [0.1, 0.15) is 42.9 Å². The molecule has 1 aliphatic heterocycles. The molecule has 108 valence electrons. The van der Waals surface area contributed by atoms with E-state index in [1.165, 1.54) is 11.1 Å². The zero-order chi connectivity index (χ0) is 14.1. The molecule has 1 fully saturated rings. The van der Waals surface area contributed by atoms with Crippen LogP contribution in [0.25, 0.3) is 0 Å². The second kappa shape index (κ2) is 5.44. The average molecular weight is 275 g/mol. The molecule has 1 N–H and O–H groups in total. The van der Waals surface area contributed by atoms with Crippen molar-refractivity contribution in [3.8, 4) is 5.75 Å². The first kappa shape index (κ1) is 13.4. The summed E-state index contributed by atoms with van der Waals surface area (Å²) < 4.78 is 5.33. The molecule has 2 atom stereocenters. The van der Waals surface area contributed by atoms with E-state index in [1.54, 1.807) is 7.11 Å². The number of likely N-dealkylation sites (tertiary alicyclic amines) is 1. The van der Waals surface area contributed by atoms with E-state index in [9.17, 15) is 9.90 Å². The standard InChI is InChI=1S/C16H21NO3/c1-20-12-8-7-11-4-2-5-14(13(11)10-12)17-9-3-6-15(17)16(18)19/h7-8,10,14-15H,2-6,9H2,1H3,(H,18,19). The van der Waals surface area contributed by atoms with Crippen LogP contribution in [0, 0.1) is 0 Å². The highest BCUT2D eigenvalue weighted by molar-refractivity contribution is 5.74. The number of benzene rings is 1. The van der Waals surface area contributed by atoms with Gasteiger partial charge in [-0.15, -0.1) is 0 Å². The van der Waals surface area contributed by atoms with Crippen LogP contribution in [0.5, 0.6) is 5.75 Å². The first-order chi connectivity index (χ1) is 9.70. The van der Waals surface area contributed by atoms with Gasteiger partial charge in [-0.3, -0.25) is 9.69 Å². The number of methoxy groups -OCH3 is 1. The third kappa shape index (κ3) is 2.29. The lowest BCUT2D eigenvalue weighted by molar-refractivity contribution is -0.143. The van der Waals surface area contributed by atoms with Crippen molar-refractivity contribution in [1.29, 1.82) is 0 Å². The summed E-state index contributed by atoms with van der Waals surface area (Å²) >= 11 is 0. The van der Waals surface area contributed by atoms with Crippen molar-refractivity contribution in [2.45, 2.75) is 44.2 Å². The Kier molecular flexibility index (Phi) is 3.66. The maximum atomic E-state index is 11.4. The van der Waals surface area contributed by atoms with Gasteiger partial charge in [-0.05, 0) is 61.9 Å². The molecular formula is C16H21NO3. The van der Waals surface area contributed by atoms with E-state index >= 15 is 0 Å². The fourth-order valence-corrected chi connectivity index (χ4v) is 3.65. The highest BCUT2D eigenvalue weighted by Gasteiger charge is 2.37. The quantitative estimate of drug-likeness (QED) is 0.921. The third-order valence-electron chi connectivity index (χ3n) is 4.62. The van der Waals surface area contributed by atoms with Gasteiger partial charge in [0.1, 0.15) is 11.8 Å². The Morgan fingerprint density at radius 2 is 2.20 bits per heavy atom. The Bertz CT molecular complexity index is 514. The van der Waals surface area contributed by atoms with Crippen molar-refractivity contribution in [3.05, 3.63) is 29.3 Å². The minimum absolute atomic E-state index is 0.234. The molecule has 0 spiro atoms. The van der Waals surface area contributed by atoms with Gasteiger partial charge in [-0.1, -0.05) is 6.07 Å². The van der Waals surface area contributed by atoms with Crippen molar-refractivity contribution < 1.29 is 14.6 Å². The zero-order valence-corrected chi connectivity index (χ0v) is 11.8. The number of ether oxygens (including phenoxy) is 1. The van der Waals surface area contributed by atoms with E-state index < -0.39 is 5.97 Å². The number of nitrogens with zero attached hydrogens (tertiary/aromatic N) is 1. The van der Waals surface area contributed by atoms with E-state index in [1.807, 2.05) is 6.07 Å². The summed E-state index contributed by atoms with van der Waals surface area (Å²) in [6, 6.07) is 6.14. The van der Waals surface area contributed by atoms with Crippen LogP contribution < -0.4 is 4.74 Å². The van der Waals surface area contributed by atoms with E-state index in [2.05, 4.69) is 17.0 Å². The van der Waals surface area contributed by atoms with Crippen LogP contribution in [-0.4, -0.2) is 35.7 Å². The van der Waals surface area contributed by atoms with Crippen molar-refractivity contribution in [2.75, 3.05) is 13.7 Å². The lowest BCUT2D eigenvalue weighted by Crippen LogP contribution is -2.40. The number of fused-ring (bicyclic) bond motifs is 1. The highest BCUT2D eigenvalue weighted by atomic mass is 16.5. The Labute approximate surface area is 119 Å². The summed E-state index contributed by atoms with van der Waals surface area (Å²) in [7, 11) is 1.68. The lowest BCUT2D eigenvalue weighted by Gasteiger charge is -2.35. The first-order valence-corrected chi connectivity index (χ1v) is 7.36. The molecule has 4 heteroatoms. The van der Waals surface area contributed by atoms with E-state index in [0.717, 1.165) is 44.4 Å². The fourth-order valence-electron chi connectivity index (χ4n) is 3.65. The number of hydrogen-bond acceptors (Lipinski definition) is 3. The molecule has 1 heterocycles. The number of carboxylic acids is 1. The molecule has 1 aromatic rings. The summed E-state index contributed by atoms with van der Waals surface area (Å²) in [5, 5.41) is 9.40. The third-order valence-corrected chi connectivity index (χ3v) is 4.62. The molecule has 20 heavy (non-hydrogen) atoms. The maximum absolute atomic E-state index is 11.4. The van der Waals surface area contributed by atoms with E-state index in [4.69, 9.17) is 4.74 Å². The van der Waals surface area contributed by atoms with Gasteiger partial charge in [0.05, 0.1) is 7.11 Å². The Morgan fingerprint density at radius 3 is 2.95 bits per heavy atom. The molecule has 1 aromatic carbocycles. The largest absolute Gasteiger partial charge is 0.497 e. The van der Waals surface area contributed by atoms with E-state index in [0.29, 0.717) is 0 Å². The summed E-state index contributed by atoms with van der Waals surface area (Å²) in [4.78, 5) is 13.6. The van der Waals surface area contributed by atoms with Crippen molar-refractivity contribution in [1.82, 2.24) is 4.90 Å². The fraction of sp³-hybridized carbons (Fsp3) is 0.562. The number of aryl methyl sites for hydroxylation is 1. The lowest BCUT2D eigenvalue weighted by atomic mass is 9.86. The zero-order valence-electron chi connectivity index (χ0n) is 11.8. The normalized spacial score (nSPS) is 26.2. The minimum atomic E-state index is -0.683. The number of hydrogen-bond donors (Lipinski definition) is 1. The minimum Gasteiger partial charge on any atom is -0.497 e. The molecular weight excluding hydrogens is 254 g/mol. The van der Waals surface area contributed by atoms with Crippen LogP contribution in [0.3, 0.4) is 0 Å². The number of carbonyl (C=O) groups is 1. The molecule has 2 aliphatic rings. The molecule has 3 rings (SSSR count).